The number of aliphatic hydroxyl groups is 1. The Balaban J connectivity index is 1.54. The molecule has 0 aromatic heterocycles. The van der Waals surface area contributed by atoms with Gasteiger partial charge in [0, 0.05) is 39.0 Å². The second-order valence-corrected chi connectivity index (χ2v) is 12.1. The van der Waals surface area contributed by atoms with Gasteiger partial charge in [0.15, 0.2) is 0 Å². The van der Waals surface area contributed by atoms with Gasteiger partial charge in [-0.1, -0.05) is 54.6 Å². The van der Waals surface area contributed by atoms with Gasteiger partial charge in [-0.25, -0.2) is 12.8 Å². The third-order valence-corrected chi connectivity index (χ3v) is 9.11. The maximum atomic E-state index is 13.7. The van der Waals surface area contributed by atoms with Gasteiger partial charge in [-0.15, -0.1) is 0 Å². The molecule has 0 radical (unpaired) electrons. The van der Waals surface area contributed by atoms with E-state index in [2.05, 4.69) is 5.32 Å². The fourth-order valence-electron chi connectivity index (χ4n) is 4.94. The molecule has 3 aromatic carbocycles. The summed E-state index contributed by atoms with van der Waals surface area (Å²) in [6, 6.07) is 20.9. The number of aliphatic hydroxyl groups excluding tert-OH is 1. The maximum absolute atomic E-state index is 13.7. The Bertz CT molecular complexity index is 1390. The van der Waals surface area contributed by atoms with Crippen LogP contribution in [0.3, 0.4) is 0 Å². The first-order valence-corrected chi connectivity index (χ1v) is 15.3. The molecule has 0 spiro atoms. The second-order valence-electron chi connectivity index (χ2n) is 10.1. The zero-order valence-electron chi connectivity index (χ0n) is 22.9. The average Bonchev–Trinajstić information content (AvgIpc) is 3.54. The number of nitrogens with one attached hydrogen (secondary N) is 1. The van der Waals surface area contributed by atoms with Crippen LogP contribution in [0.2, 0.25) is 0 Å². The van der Waals surface area contributed by atoms with Crippen molar-refractivity contribution < 1.29 is 27.5 Å². The predicted molar refractivity (Wildman–Crippen MR) is 154 cm³/mol. The number of rotatable bonds is 13. The summed E-state index contributed by atoms with van der Waals surface area (Å²) in [6.45, 7) is 0.960. The molecule has 0 saturated carbocycles. The molecule has 1 unspecified atom stereocenters. The Hall–Kier alpha value is -3.60. The van der Waals surface area contributed by atoms with Crippen LogP contribution < -0.4 is 5.32 Å². The van der Waals surface area contributed by atoms with Crippen molar-refractivity contribution in [3.8, 4) is 0 Å². The highest BCUT2D eigenvalue weighted by atomic mass is 32.2. The molecule has 3 aromatic rings. The van der Waals surface area contributed by atoms with E-state index in [0.29, 0.717) is 25.1 Å². The summed E-state index contributed by atoms with van der Waals surface area (Å²) in [5, 5.41) is 12.0. The van der Waals surface area contributed by atoms with Crippen molar-refractivity contribution in [3.05, 3.63) is 101 Å². The van der Waals surface area contributed by atoms with Crippen LogP contribution in [0.4, 0.5) is 4.39 Å². The average molecular weight is 582 g/mol. The third kappa shape index (κ3) is 8.22. The van der Waals surface area contributed by atoms with Gasteiger partial charge >= 0.3 is 0 Å². The van der Waals surface area contributed by atoms with Crippen molar-refractivity contribution >= 4 is 21.8 Å². The molecule has 1 aliphatic rings. The molecule has 0 aliphatic carbocycles. The monoisotopic (exact) mass is 581 g/mol. The molecular formula is C31H36FN3O5S. The molecule has 1 atom stereocenters. The summed E-state index contributed by atoms with van der Waals surface area (Å²) in [7, 11) is -3.53. The van der Waals surface area contributed by atoms with Crippen LogP contribution >= 0.6 is 0 Å². The van der Waals surface area contributed by atoms with Crippen LogP contribution in [-0.2, 0) is 39.0 Å². The van der Waals surface area contributed by atoms with Gasteiger partial charge in [0.05, 0.1) is 11.5 Å². The molecule has 10 heteroatoms. The Labute approximate surface area is 240 Å². The van der Waals surface area contributed by atoms with E-state index < -0.39 is 27.8 Å². The van der Waals surface area contributed by atoms with Crippen LogP contribution in [0, 0.1) is 5.82 Å². The maximum Gasteiger partial charge on any atom is 0.243 e. The van der Waals surface area contributed by atoms with Gasteiger partial charge in [-0.05, 0) is 60.2 Å². The molecule has 218 valence electrons. The number of carbonyl (C=O) groups excluding carboxylic acids is 2. The molecule has 1 aliphatic heterocycles. The van der Waals surface area contributed by atoms with Crippen molar-refractivity contribution in [2.24, 2.45) is 0 Å². The zero-order valence-corrected chi connectivity index (χ0v) is 23.7. The van der Waals surface area contributed by atoms with Crippen molar-refractivity contribution in [1.29, 1.82) is 0 Å². The quantitative estimate of drug-likeness (QED) is 0.322. The summed E-state index contributed by atoms with van der Waals surface area (Å²) in [6.07, 6.45) is 2.40. The topological polar surface area (TPSA) is 107 Å². The summed E-state index contributed by atoms with van der Waals surface area (Å²) in [5.41, 5.74) is 2.33. The summed E-state index contributed by atoms with van der Waals surface area (Å²) in [5.74, 6) is -1.07. The number of carbonyl (C=O) groups is 2. The first-order chi connectivity index (χ1) is 19.8. The van der Waals surface area contributed by atoms with Gasteiger partial charge in [0.2, 0.25) is 21.8 Å². The molecule has 2 amide bonds. The van der Waals surface area contributed by atoms with E-state index in [4.69, 9.17) is 0 Å². The molecule has 0 bridgehead atoms. The second kappa shape index (κ2) is 14.3. The van der Waals surface area contributed by atoms with Gasteiger partial charge in [0.25, 0.3) is 0 Å². The van der Waals surface area contributed by atoms with Crippen molar-refractivity contribution in [2.45, 2.75) is 49.6 Å². The first-order valence-electron chi connectivity index (χ1n) is 13.8. The lowest BCUT2D eigenvalue weighted by Gasteiger charge is -2.31. The SMILES string of the molecule is O=C(NCCO)C(Cc1ccccc1)N(Cc1ccc(F)cc1)C(=O)CCc1ccc(S(=O)(=O)N2CCCC2)cc1. The highest BCUT2D eigenvalue weighted by molar-refractivity contribution is 7.89. The minimum atomic E-state index is -3.53. The first kappa shape index (κ1) is 30.4. The number of benzene rings is 3. The Kier molecular flexibility index (Phi) is 10.6. The number of aryl methyl sites for hydroxylation is 1. The number of hydrogen-bond acceptors (Lipinski definition) is 5. The number of amides is 2. The highest BCUT2D eigenvalue weighted by Crippen LogP contribution is 2.22. The standard InChI is InChI=1S/C31H36FN3O5S/c32-27-13-8-26(9-14-27)23-35(29(31(38)33-18-21-36)22-25-6-2-1-3-7-25)30(37)17-12-24-10-15-28(16-11-24)41(39,40)34-19-4-5-20-34/h1-3,6-11,13-16,29,36H,4-5,12,17-23H2,(H,33,38). The van der Waals surface area contributed by atoms with E-state index in [1.54, 1.807) is 36.4 Å². The summed E-state index contributed by atoms with van der Waals surface area (Å²) >= 11 is 0. The summed E-state index contributed by atoms with van der Waals surface area (Å²) in [4.78, 5) is 28.7. The van der Waals surface area contributed by atoms with Gasteiger partial charge in [0.1, 0.15) is 11.9 Å². The normalized spacial score (nSPS) is 14.5. The Morgan fingerprint density at radius 2 is 1.54 bits per heavy atom. The minimum Gasteiger partial charge on any atom is -0.395 e. The molecule has 1 saturated heterocycles. The zero-order chi connectivity index (χ0) is 29.2. The highest BCUT2D eigenvalue weighted by Gasteiger charge is 2.30. The van der Waals surface area contributed by atoms with Crippen LogP contribution in [-0.4, -0.2) is 66.8 Å². The largest absolute Gasteiger partial charge is 0.395 e. The number of halogens is 1. The fraction of sp³-hybridized carbons (Fsp3) is 0.355. The molecule has 4 rings (SSSR count). The number of sulfonamides is 1. The van der Waals surface area contributed by atoms with Crippen LogP contribution in [0.25, 0.3) is 0 Å². The van der Waals surface area contributed by atoms with Gasteiger partial charge < -0.3 is 15.3 Å². The van der Waals surface area contributed by atoms with Gasteiger partial charge in [-0.3, -0.25) is 9.59 Å². The molecule has 2 N–H and O–H groups in total. The van der Waals surface area contributed by atoms with E-state index in [1.807, 2.05) is 30.3 Å². The molecule has 8 nitrogen and oxygen atoms in total. The molecule has 1 heterocycles. The fourth-order valence-corrected chi connectivity index (χ4v) is 6.45. The number of hydrogen-bond donors (Lipinski definition) is 2. The van der Waals surface area contributed by atoms with E-state index in [0.717, 1.165) is 24.0 Å². The van der Waals surface area contributed by atoms with Gasteiger partial charge in [-0.2, -0.15) is 4.31 Å². The lowest BCUT2D eigenvalue weighted by atomic mass is 10.0. The van der Waals surface area contributed by atoms with Crippen LogP contribution in [0.1, 0.15) is 36.0 Å². The predicted octanol–water partition coefficient (Wildman–Crippen LogP) is 3.29. The molecule has 41 heavy (non-hydrogen) atoms. The van der Waals surface area contributed by atoms with E-state index in [-0.39, 0.29) is 43.3 Å². The van der Waals surface area contributed by atoms with Crippen LogP contribution in [0.15, 0.2) is 83.8 Å². The van der Waals surface area contributed by atoms with E-state index in [9.17, 15) is 27.5 Å². The third-order valence-electron chi connectivity index (χ3n) is 7.20. The lowest BCUT2D eigenvalue weighted by Crippen LogP contribution is -2.51. The van der Waals surface area contributed by atoms with E-state index >= 15 is 0 Å². The Morgan fingerprint density at radius 1 is 0.902 bits per heavy atom. The summed E-state index contributed by atoms with van der Waals surface area (Å²) < 4.78 is 40.8. The molecular weight excluding hydrogens is 545 g/mol. The van der Waals surface area contributed by atoms with Crippen LogP contribution in [0.5, 0.6) is 0 Å². The van der Waals surface area contributed by atoms with Crippen molar-refractivity contribution in [2.75, 3.05) is 26.2 Å². The minimum absolute atomic E-state index is 0.0510. The van der Waals surface area contributed by atoms with E-state index in [1.165, 1.54) is 21.3 Å². The lowest BCUT2D eigenvalue weighted by molar-refractivity contribution is -0.141. The molecule has 1 fully saturated rings. The van der Waals surface area contributed by atoms with Crippen molar-refractivity contribution in [3.63, 3.8) is 0 Å². The number of nitrogens with zero attached hydrogens (tertiary/aromatic N) is 2. The van der Waals surface area contributed by atoms with Crippen molar-refractivity contribution in [1.82, 2.24) is 14.5 Å². The smallest absolute Gasteiger partial charge is 0.243 e. The Morgan fingerprint density at radius 3 is 2.17 bits per heavy atom.